The number of carbonyl (C=O) groups excluding carboxylic acids is 2. The third kappa shape index (κ3) is 2.02. The molecule has 0 aromatic heterocycles. The summed E-state index contributed by atoms with van der Waals surface area (Å²) >= 11 is 0. The first-order valence-corrected chi connectivity index (χ1v) is 5.52. The molecule has 90 valence electrons. The van der Waals surface area contributed by atoms with E-state index in [4.69, 9.17) is 4.84 Å². The van der Waals surface area contributed by atoms with E-state index in [-0.39, 0.29) is 5.91 Å². The summed E-state index contributed by atoms with van der Waals surface area (Å²) in [6.07, 6.45) is 0. The van der Waals surface area contributed by atoms with Crippen molar-refractivity contribution in [3.05, 3.63) is 30.3 Å². The number of rotatable bonds is 1. The second-order valence-corrected chi connectivity index (χ2v) is 5.18. The topological polar surface area (TPSA) is 46.6 Å². The van der Waals surface area contributed by atoms with Crippen LogP contribution in [0, 0.1) is 11.3 Å². The molecule has 1 aliphatic rings. The average Bonchev–Trinajstić information content (AvgIpc) is 2.54. The van der Waals surface area contributed by atoms with Gasteiger partial charge in [0, 0.05) is 0 Å². The number of hydrogen-bond acceptors (Lipinski definition) is 3. The summed E-state index contributed by atoms with van der Waals surface area (Å²) in [6, 6.07) is 8.89. The van der Waals surface area contributed by atoms with Gasteiger partial charge in [-0.2, -0.15) is 0 Å². The molecule has 17 heavy (non-hydrogen) atoms. The van der Waals surface area contributed by atoms with Crippen LogP contribution in [0.1, 0.15) is 20.8 Å². The first kappa shape index (κ1) is 11.6. The highest BCUT2D eigenvalue weighted by atomic mass is 16.7. The van der Waals surface area contributed by atoms with E-state index in [1.54, 1.807) is 24.3 Å². The van der Waals surface area contributed by atoms with Crippen molar-refractivity contribution in [2.24, 2.45) is 11.3 Å². The molecule has 4 heteroatoms. The summed E-state index contributed by atoms with van der Waals surface area (Å²) in [5.74, 6) is -1.51. The molecule has 1 fully saturated rings. The number of amides is 1. The summed E-state index contributed by atoms with van der Waals surface area (Å²) in [5, 5.41) is 1.08. The molecule has 1 atom stereocenters. The predicted octanol–water partition coefficient (Wildman–Crippen LogP) is 2.15. The lowest BCUT2D eigenvalue weighted by Gasteiger charge is -2.21. The normalized spacial score (nSPS) is 20.6. The van der Waals surface area contributed by atoms with Gasteiger partial charge in [0.2, 0.25) is 0 Å². The van der Waals surface area contributed by atoms with Gasteiger partial charge in [-0.25, -0.2) is 4.79 Å². The molecule has 0 bridgehead atoms. The zero-order chi connectivity index (χ0) is 12.6. The molecule has 1 unspecified atom stereocenters. The van der Waals surface area contributed by atoms with Crippen molar-refractivity contribution >= 4 is 17.6 Å². The van der Waals surface area contributed by atoms with Crippen molar-refractivity contribution in [3.63, 3.8) is 0 Å². The van der Waals surface area contributed by atoms with Crippen molar-refractivity contribution in [2.45, 2.75) is 20.8 Å². The number of nitrogens with zero attached hydrogens (tertiary/aromatic N) is 1. The molecule has 0 saturated carbocycles. The molecule has 4 nitrogen and oxygen atoms in total. The molecule has 2 rings (SSSR count). The Bertz CT molecular complexity index is 447. The van der Waals surface area contributed by atoms with Gasteiger partial charge in [-0.15, -0.1) is 5.06 Å². The molecule has 0 radical (unpaired) electrons. The molecule has 1 aliphatic heterocycles. The maximum Gasteiger partial charge on any atom is 0.346 e. The van der Waals surface area contributed by atoms with Crippen LogP contribution in [0.4, 0.5) is 5.69 Å². The van der Waals surface area contributed by atoms with Crippen LogP contribution in [0.3, 0.4) is 0 Å². The van der Waals surface area contributed by atoms with Crippen molar-refractivity contribution in [3.8, 4) is 0 Å². The molecule has 0 aliphatic carbocycles. The van der Waals surface area contributed by atoms with Gasteiger partial charge in [-0.05, 0) is 17.5 Å². The van der Waals surface area contributed by atoms with Gasteiger partial charge in [0.25, 0.3) is 5.91 Å². The lowest BCUT2D eigenvalue weighted by Crippen LogP contribution is -2.33. The van der Waals surface area contributed by atoms with Crippen molar-refractivity contribution in [2.75, 3.05) is 5.06 Å². The van der Waals surface area contributed by atoms with Crippen LogP contribution in [-0.2, 0) is 14.4 Å². The summed E-state index contributed by atoms with van der Waals surface area (Å²) < 4.78 is 0. The van der Waals surface area contributed by atoms with E-state index in [0.29, 0.717) is 5.69 Å². The quantitative estimate of drug-likeness (QED) is 0.698. The predicted molar refractivity (Wildman–Crippen MR) is 63.0 cm³/mol. The first-order chi connectivity index (χ1) is 7.91. The van der Waals surface area contributed by atoms with Crippen LogP contribution < -0.4 is 5.06 Å². The van der Waals surface area contributed by atoms with Crippen LogP contribution in [-0.4, -0.2) is 11.9 Å². The van der Waals surface area contributed by atoms with Gasteiger partial charge in [-0.1, -0.05) is 39.0 Å². The summed E-state index contributed by atoms with van der Waals surface area (Å²) in [7, 11) is 0. The van der Waals surface area contributed by atoms with Gasteiger partial charge in [0.1, 0.15) is 5.92 Å². The third-order valence-corrected chi connectivity index (χ3v) is 2.72. The van der Waals surface area contributed by atoms with Crippen molar-refractivity contribution in [1.29, 1.82) is 0 Å². The lowest BCUT2D eigenvalue weighted by atomic mass is 9.80. The maximum atomic E-state index is 12.1. The SMILES string of the molecule is CC(C)(C)C1C(=O)ON(c2ccccc2)C1=O. The van der Waals surface area contributed by atoms with Crippen LogP contribution >= 0.6 is 0 Å². The zero-order valence-electron chi connectivity index (χ0n) is 10.1. The van der Waals surface area contributed by atoms with Crippen molar-refractivity contribution < 1.29 is 14.4 Å². The van der Waals surface area contributed by atoms with Gasteiger partial charge >= 0.3 is 5.97 Å². The van der Waals surface area contributed by atoms with Gasteiger partial charge < -0.3 is 4.84 Å². The van der Waals surface area contributed by atoms with E-state index < -0.39 is 17.3 Å². The van der Waals surface area contributed by atoms with E-state index in [2.05, 4.69) is 0 Å². The van der Waals surface area contributed by atoms with Crippen LogP contribution in [0.25, 0.3) is 0 Å². The molecule has 1 aromatic carbocycles. The second kappa shape index (κ2) is 3.87. The van der Waals surface area contributed by atoms with Gasteiger partial charge in [0.15, 0.2) is 0 Å². The van der Waals surface area contributed by atoms with E-state index in [1.807, 2.05) is 26.8 Å². The lowest BCUT2D eigenvalue weighted by molar-refractivity contribution is -0.144. The molecule has 1 heterocycles. The van der Waals surface area contributed by atoms with Crippen LogP contribution in [0.2, 0.25) is 0 Å². The Balaban J connectivity index is 2.31. The van der Waals surface area contributed by atoms with Crippen LogP contribution in [0.5, 0.6) is 0 Å². The molecule has 1 amide bonds. The Morgan fingerprint density at radius 3 is 2.18 bits per heavy atom. The Morgan fingerprint density at radius 2 is 1.71 bits per heavy atom. The van der Waals surface area contributed by atoms with E-state index in [1.165, 1.54) is 0 Å². The van der Waals surface area contributed by atoms with E-state index in [9.17, 15) is 9.59 Å². The van der Waals surface area contributed by atoms with E-state index >= 15 is 0 Å². The van der Waals surface area contributed by atoms with Crippen LogP contribution in [0.15, 0.2) is 30.3 Å². The highest BCUT2D eigenvalue weighted by Crippen LogP contribution is 2.35. The highest BCUT2D eigenvalue weighted by Gasteiger charge is 2.49. The summed E-state index contributed by atoms with van der Waals surface area (Å²) in [4.78, 5) is 28.9. The molecular formula is C13H15NO3. The number of anilines is 1. The zero-order valence-corrected chi connectivity index (χ0v) is 10.1. The summed E-state index contributed by atoms with van der Waals surface area (Å²) in [5.41, 5.74) is 0.148. The number of hydroxylamine groups is 1. The fourth-order valence-corrected chi connectivity index (χ4v) is 1.87. The number of carbonyl (C=O) groups is 2. The minimum atomic E-state index is -0.734. The minimum Gasteiger partial charge on any atom is -0.332 e. The third-order valence-electron chi connectivity index (χ3n) is 2.72. The van der Waals surface area contributed by atoms with E-state index in [0.717, 1.165) is 5.06 Å². The molecule has 0 N–H and O–H groups in total. The van der Waals surface area contributed by atoms with Crippen molar-refractivity contribution in [1.82, 2.24) is 0 Å². The minimum absolute atomic E-state index is 0.297. The number of benzene rings is 1. The Morgan fingerprint density at radius 1 is 1.12 bits per heavy atom. The van der Waals surface area contributed by atoms with Gasteiger partial charge in [0.05, 0.1) is 5.69 Å². The monoisotopic (exact) mass is 233 g/mol. The number of para-hydroxylation sites is 1. The fraction of sp³-hybridized carbons (Fsp3) is 0.385. The standard InChI is InChI=1S/C13H15NO3/c1-13(2,3)10-11(15)14(17-12(10)16)9-7-5-4-6-8-9/h4-8,10H,1-3H3. The Kier molecular flexibility index (Phi) is 2.65. The smallest absolute Gasteiger partial charge is 0.332 e. The Hall–Kier alpha value is -1.84. The fourth-order valence-electron chi connectivity index (χ4n) is 1.87. The molecule has 1 aromatic rings. The van der Waals surface area contributed by atoms with Gasteiger partial charge in [-0.3, -0.25) is 4.79 Å². The molecule has 1 saturated heterocycles. The second-order valence-electron chi connectivity index (χ2n) is 5.18. The molecular weight excluding hydrogens is 218 g/mol. The Labute approximate surface area is 100 Å². The summed E-state index contributed by atoms with van der Waals surface area (Å²) in [6.45, 7) is 5.56. The average molecular weight is 233 g/mol. The number of hydrogen-bond donors (Lipinski definition) is 0. The maximum absolute atomic E-state index is 12.1. The largest absolute Gasteiger partial charge is 0.346 e. The highest BCUT2D eigenvalue weighted by molar-refractivity contribution is 6.11. The first-order valence-electron chi connectivity index (χ1n) is 5.52. The molecule has 0 spiro atoms.